The molecule has 1 unspecified atom stereocenters. The lowest BCUT2D eigenvalue weighted by atomic mass is 9.94. The second-order valence-electron chi connectivity index (χ2n) is 3.90. The fourth-order valence-electron chi connectivity index (χ4n) is 1.80. The van der Waals surface area contributed by atoms with Crippen molar-refractivity contribution in [2.75, 3.05) is 7.11 Å². The Morgan fingerprint density at radius 3 is 3.18 bits per heavy atom. The van der Waals surface area contributed by atoms with Crippen molar-refractivity contribution in [3.05, 3.63) is 23.9 Å². The molecule has 0 fully saturated rings. The Hall–Kier alpha value is -1.95. The van der Waals surface area contributed by atoms with Crippen molar-refractivity contribution in [1.29, 1.82) is 0 Å². The van der Waals surface area contributed by atoms with Gasteiger partial charge in [0.2, 0.25) is 0 Å². The maximum atomic E-state index is 11.2. The zero-order chi connectivity index (χ0) is 12.4. The summed E-state index contributed by atoms with van der Waals surface area (Å²) in [4.78, 5) is 26.0. The zero-order valence-electron chi connectivity index (χ0n) is 9.34. The lowest BCUT2D eigenvalue weighted by Crippen LogP contribution is -2.33. The molecular formula is C11H13N3O3. The number of carbonyl (C=O) groups is 2. The number of amides is 2. The van der Waals surface area contributed by atoms with Crippen molar-refractivity contribution in [1.82, 2.24) is 5.32 Å². The molecule has 1 aliphatic carbocycles. The number of urea groups is 1. The van der Waals surface area contributed by atoms with Crippen LogP contribution in [-0.2, 0) is 9.53 Å². The first kappa shape index (κ1) is 11.5. The largest absolute Gasteiger partial charge is 0.468 e. The van der Waals surface area contributed by atoms with Gasteiger partial charge in [0.05, 0.1) is 18.5 Å². The molecule has 0 saturated carbocycles. The third-order valence-corrected chi connectivity index (χ3v) is 2.65. The molecule has 6 nitrogen and oxygen atoms in total. The molecule has 90 valence electrons. The summed E-state index contributed by atoms with van der Waals surface area (Å²) in [6.45, 7) is 0. The zero-order valence-corrected chi connectivity index (χ0v) is 9.34. The Morgan fingerprint density at radius 2 is 2.47 bits per heavy atom. The second-order valence-corrected chi connectivity index (χ2v) is 3.90. The van der Waals surface area contributed by atoms with E-state index in [-0.39, 0.29) is 11.9 Å². The van der Waals surface area contributed by atoms with E-state index in [1.807, 2.05) is 12.2 Å². The Morgan fingerprint density at radius 1 is 1.71 bits per heavy atom. The molecule has 1 aliphatic heterocycles. The van der Waals surface area contributed by atoms with Gasteiger partial charge in [-0.15, -0.1) is 0 Å². The maximum absolute atomic E-state index is 11.2. The molecule has 0 saturated heterocycles. The number of aliphatic imine (C=N–C) groups is 1. The van der Waals surface area contributed by atoms with Gasteiger partial charge >= 0.3 is 12.0 Å². The van der Waals surface area contributed by atoms with Gasteiger partial charge in [-0.1, -0.05) is 12.2 Å². The number of carbonyl (C=O) groups excluding carboxylic acids is 2. The normalized spacial score (nSPS) is 23.4. The van der Waals surface area contributed by atoms with Crippen molar-refractivity contribution < 1.29 is 14.3 Å². The standard InChI is InChI=1S/C11H13N3O3/c1-17-10(15)7(12)4-6-2-3-8-9(5-6)14-11(16)13-8/h2-3,5-7H,4,12H2,1H3,(H,14,16)/t6?,7-/m1/s1. The van der Waals surface area contributed by atoms with Crippen molar-refractivity contribution in [3.8, 4) is 0 Å². The second kappa shape index (κ2) is 4.50. The molecule has 6 heteroatoms. The molecule has 1 heterocycles. The third-order valence-electron chi connectivity index (χ3n) is 2.65. The number of hydrogen-bond acceptors (Lipinski definition) is 4. The van der Waals surface area contributed by atoms with E-state index >= 15 is 0 Å². The summed E-state index contributed by atoms with van der Waals surface area (Å²) in [5, 5.41) is 2.61. The number of nitrogens with one attached hydrogen (secondary N) is 1. The monoisotopic (exact) mass is 235 g/mol. The van der Waals surface area contributed by atoms with E-state index in [1.165, 1.54) is 7.11 Å². The predicted octanol–water partition coefficient (Wildman–Crippen LogP) is 0.111. The van der Waals surface area contributed by atoms with Crippen molar-refractivity contribution in [2.45, 2.75) is 12.5 Å². The molecule has 2 atom stereocenters. The van der Waals surface area contributed by atoms with Crippen LogP contribution in [0.4, 0.5) is 4.79 Å². The number of esters is 1. The van der Waals surface area contributed by atoms with E-state index in [0.717, 1.165) is 0 Å². The number of rotatable bonds is 3. The highest BCUT2D eigenvalue weighted by Crippen LogP contribution is 2.20. The lowest BCUT2D eigenvalue weighted by molar-refractivity contribution is -0.142. The summed E-state index contributed by atoms with van der Waals surface area (Å²) in [7, 11) is 1.30. The molecule has 0 bridgehead atoms. The number of fused-ring (bicyclic) bond motifs is 1. The van der Waals surface area contributed by atoms with Gasteiger partial charge in [0, 0.05) is 0 Å². The van der Waals surface area contributed by atoms with Gasteiger partial charge in [0.25, 0.3) is 0 Å². The predicted molar refractivity (Wildman–Crippen MR) is 61.3 cm³/mol. The Balaban J connectivity index is 2.02. The van der Waals surface area contributed by atoms with Gasteiger partial charge < -0.3 is 15.8 Å². The first-order chi connectivity index (χ1) is 8.10. The summed E-state index contributed by atoms with van der Waals surface area (Å²) in [5.74, 6) is -0.442. The molecule has 0 spiro atoms. The van der Waals surface area contributed by atoms with Gasteiger partial charge in [-0.25, -0.2) is 4.79 Å². The molecule has 0 aromatic rings. The van der Waals surface area contributed by atoms with Crippen molar-refractivity contribution >= 4 is 17.7 Å². The van der Waals surface area contributed by atoms with Crippen LogP contribution in [0.15, 0.2) is 28.9 Å². The number of nitrogens with two attached hydrogens (primary N) is 1. The van der Waals surface area contributed by atoms with Crippen LogP contribution < -0.4 is 11.1 Å². The molecule has 0 aromatic carbocycles. The average molecular weight is 235 g/mol. The summed E-state index contributed by atoms with van der Waals surface area (Å²) >= 11 is 0. The van der Waals surface area contributed by atoms with Crippen LogP contribution in [0.2, 0.25) is 0 Å². The third kappa shape index (κ3) is 2.42. The van der Waals surface area contributed by atoms with Crippen LogP contribution in [0.1, 0.15) is 6.42 Å². The number of methoxy groups -OCH3 is 1. The van der Waals surface area contributed by atoms with Gasteiger partial charge in [-0.3, -0.25) is 4.79 Å². The van der Waals surface area contributed by atoms with Crippen molar-refractivity contribution in [2.24, 2.45) is 16.6 Å². The van der Waals surface area contributed by atoms with Gasteiger partial charge in [-0.05, 0) is 18.4 Å². The minimum atomic E-state index is -0.665. The van der Waals surface area contributed by atoms with Gasteiger partial charge in [0.1, 0.15) is 6.04 Å². The van der Waals surface area contributed by atoms with Crippen molar-refractivity contribution in [3.63, 3.8) is 0 Å². The van der Waals surface area contributed by atoms with Crippen LogP contribution in [-0.4, -0.2) is 30.9 Å². The van der Waals surface area contributed by atoms with E-state index in [9.17, 15) is 9.59 Å². The summed E-state index contributed by atoms with van der Waals surface area (Å²) in [6, 6.07) is -1.03. The number of allylic oxidation sites excluding steroid dienone is 3. The number of nitrogens with zero attached hydrogens (tertiary/aromatic N) is 1. The van der Waals surface area contributed by atoms with E-state index < -0.39 is 12.0 Å². The fraction of sp³-hybridized carbons (Fsp3) is 0.364. The summed E-state index contributed by atoms with van der Waals surface area (Å²) < 4.78 is 4.56. The lowest BCUT2D eigenvalue weighted by Gasteiger charge is -2.16. The Labute approximate surface area is 98.2 Å². The smallest absolute Gasteiger partial charge is 0.346 e. The average Bonchev–Trinajstić information content (AvgIpc) is 2.67. The van der Waals surface area contributed by atoms with Crippen LogP contribution in [0.3, 0.4) is 0 Å². The van der Waals surface area contributed by atoms with Crippen LogP contribution >= 0.6 is 0 Å². The molecule has 2 aliphatic rings. The van der Waals surface area contributed by atoms with Crippen LogP contribution in [0.25, 0.3) is 0 Å². The highest BCUT2D eigenvalue weighted by molar-refractivity contribution is 6.18. The molecular weight excluding hydrogens is 222 g/mol. The Kier molecular flexibility index (Phi) is 3.06. The number of ether oxygens (including phenoxy) is 1. The van der Waals surface area contributed by atoms with E-state index in [2.05, 4.69) is 15.0 Å². The highest BCUT2D eigenvalue weighted by Gasteiger charge is 2.24. The molecule has 0 aromatic heterocycles. The first-order valence-electron chi connectivity index (χ1n) is 5.23. The Bertz CT molecular complexity index is 451. The molecule has 17 heavy (non-hydrogen) atoms. The molecule has 3 N–H and O–H groups in total. The number of hydrogen-bond donors (Lipinski definition) is 2. The fourth-order valence-corrected chi connectivity index (χ4v) is 1.80. The summed E-state index contributed by atoms with van der Waals surface area (Å²) in [6.07, 6.45) is 5.90. The minimum Gasteiger partial charge on any atom is -0.468 e. The summed E-state index contributed by atoms with van der Waals surface area (Å²) in [5.41, 5.74) is 6.97. The molecule has 2 amide bonds. The van der Waals surface area contributed by atoms with Gasteiger partial charge in [0.15, 0.2) is 0 Å². The topological polar surface area (TPSA) is 93.8 Å². The van der Waals surface area contributed by atoms with Gasteiger partial charge in [-0.2, -0.15) is 4.99 Å². The molecule has 0 radical (unpaired) electrons. The minimum absolute atomic E-state index is 0.00329. The van der Waals surface area contributed by atoms with E-state index in [1.54, 1.807) is 6.08 Å². The quantitative estimate of drug-likeness (QED) is 0.679. The highest BCUT2D eigenvalue weighted by atomic mass is 16.5. The molecule has 2 rings (SSSR count). The van der Waals surface area contributed by atoms with E-state index in [4.69, 9.17) is 5.73 Å². The SMILES string of the molecule is COC(=O)[C@H](N)CC1C=CC2=NC(=O)NC2=C1. The maximum Gasteiger partial charge on any atom is 0.346 e. The van der Waals surface area contributed by atoms with E-state index in [0.29, 0.717) is 17.8 Å². The first-order valence-corrected chi connectivity index (χ1v) is 5.23. The van der Waals surface area contributed by atoms with Crippen LogP contribution in [0.5, 0.6) is 0 Å². The van der Waals surface area contributed by atoms with Crippen LogP contribution in [0, 0.1) is 5.92 Å².